The molecule has 1 N–H and O–H groups in total. The zero-order chi connectivity index (χ0) is 11.5. The standard InChI is InChI=1S/C13H15N3/c1-3-9-15-11-7-5-6-8-12(11)16(10-4-2)13(15)14/h3-8,14H,1-2,9-10H2. The van der Waals surface area contributed by atoms with Crippen LogP contribution in [0.4, 0.5) is 0 Å². The molecule has 2 aromatic rings. The van der Waals surface area contributed by atoms with E-state index in [0.29, 0.717) is 18.7 Å². The molecular formula is C13H15N3. The molecule has 0 aliphatic heterocycles. The van der Waals surface area contributed by atoms with Crippen LogP contribution in [0.5, 0.6) is 0 Å². The maximum absolute atomic E-state index is 8.11. The van der Waals surface area contributed by atoms with E-state index in [-0.39, 0.29) is 0 Å². The fourth-order valence-corrected chi connectivity index (χ4v) is 1.92. The van der Waals surface area contributed by atoms with Crippen LogP contribution in [0.3, 0.4) is 0 Å². The Kier molecular flexibility index (Phi) is 2.77. The van der Waals surface area contributed by atoms with Crippen LogP contribution in [0, 0.1) is 5.41 Å². The molecule has 1 heterocycles. The molecule has 0 aliphatic rings. The van der Waals surface area contributed by atoms with Gasteiger partial charge in [-0.15, -0.1) is 13.2 Å². The molecule has 82 valence electrons. The van der Waals surface area contributed by atoms with Crippen LogP contribution in [0.1, 0.15) is 0 Å². The first-order chi connectivity index (χ1) is 7.79. The normalized spacial score (nSPS) is 10.5. The van der Waals surface area contributed by atoms with Gasteiger partial charge in [0.15, 0.2) is 0 Å². The Bertz CT molecular complexity index is 537. The first kappa shape index (κ1) is 10.5. The summed E-state index contributed by atoms with van der Waals surface area (Å²) in [5, 5.41) is 8.11. The van der Waals surface area contributed by atoms with Crippen molar-refractivity contribution in [3.8, 4) is 0 Å². The Balaban J connectivity index is 2.79. The van der Waals surface area contributed by atoms with Crippen molar-refractivity contribution in [2.45, 2.75) is 13.1 Å². The van der Waals surface area contributed by atoms with Gasteiger partial charge in [-0.1, -0.05) is 24.3 Å². The van der Waals surface area contributed by atoms with Gasteiger partial charge in [0.2, 0.25) is 5.62 Å². The lowest BCUT2D eigenvalue weighted by Crippen LogP contribution is -2.23. The van der Waals surface area contributed by atoms with Crippen LogP contribution in [-0.2, 0) is 13.1 Å². The van der Waals surface area contributed by atoms with Crippen molar-refractivity contribution >= 4 is 11.0 Å². The number of nitrogens with one attached hydrogen (secondary N) is 1. The summed E-state index contributed by atoms with van der Waals surface area (Å²) in [6.45, 7) is 8.76. The molecule has 0 spiro atoms. The number of allylic oxidation sites excluding steroid dienone is 2. The highest BCUT2D eigenvalue weighted by molar-refractivity contribution is 5.75. The van der Waals surface area contributed by atoms with E-state index in [9.17, 15) is 0 Å². The molecule has 1 aromatic heterocycles. The van der Waals surface area contributed by atoms with Crippen molar-refractivity contribution in [3.63, 3.8) is 0 Å². The van der Waals surface area contributed by atoms with Crippen LogP contribution in [0.2, 0.25) is 0 Å². The van der Waals surface area contributed by atoms with Crippen molar-refractivity contribution in [3.05, 3.63) is 55.2 Å². The van der Waals surface area contributed by atoms with Gasteiger partial charge in [0.05, 0.1) is 11.0 Å². The molecule has 0 atom stereocenters. The van der Waals surface area contributed by atoms with Crippen molar-refractivity contribution in [2.75, 3.05) is 0 Å². The molecule has 0 saturated heterocycles. The largest absolute Gasteiger partial charge is 0.307 e. The Hall–Kier alpha value is -2.03. The van der Waals surface area contributed by atoms with Crippen molar-refractivity contribution in [2.24, 2.45) is 0 Å². The number of hydrogen-bond acceptors (Lipinski definition) is 1. The van der Waals surface area contributed by atoms with Gasteiger partial charge in [-0.05, 0) is 12.1 Å². The number of imidazole rings is 1. The molecule has 3 nitrogen and oxygen atoms in total. The number of rotatable bonds is 4. The third-order valence-corrected chi connectivity index (χ3v) is 2.60. The second-order valence-electron chi connectivity index (χ2n) is 3.61. The second-order valence-corrected chi connectivity index (χ2v) is 3.61. The van der Waals surface area contributed by atoms with Crippen molar-refractivity contribution in [1.29, 1.82) is 5.41 Å². The minimum atomic E-state index is 0.487. The van der Waals surface area contributed by atoms with E-state index >= 15 is 0 Å². The summed E-state index contributed by atoms with van der Waals surface area (Å²) in [4.78, 5) is 0. The van der Waals surface area contributed by atoms with E-state index in [0.717, 1.165) is 11.0 Å². The Labute approximate surface area is 94.5 Å². The molecule has 16 heavy (non-hydrogen) atoms. The summed E-state index contributed by atoms with van der Waals surface area (Å²) in [6.07, 6.45) is 3.62. The van der Waals surface area contributed by atoms with Gasteiger partial charge in [0, 0.05) is 13.1 Å². The number of nitrogens with zero attached hydrogens (tertiary/aromatic N) is 2. The zero-order valence-corrected chi connectivity index (χ0v) is 9.19. The fraction of sp³-hybridized carbons (Fsp3) is 0.154. The third kappa shape index (κ3) is 1.50. The molecule has 3 heteroatoms. The summed E-state index contributed by atoms with van der Waals surface area (Å²) in [5.41, 5.74) is 2.62. The number of para-hydroxylation sites is 2. The summed E-state index contributed by atoms with van der Waals surface area (Å²) in [6, 6.07) is 8.02. The molecule has 0 saturated carbocycles. The summed E-state index contributed by atoms with van der Waals surface area (Å²) < 4.78 is 3.87. The maximum atomic E-state index is 8.11. The first-order valence-electron chi connectivity index (χ1n) is 5.24. The van der Waals surface area contributed by atoms with Gasteiger partial charge in [-0.25, -0.2) is 0 Å². The Morgan fingerprint density at radius 2 is 1.44 bits per heavy atom. The molecular weight excluding hydrogens is 198 g/mol. The predicted molar refractivity (Wildman–Crippen MR) is 66.2 cm³/mol. The molecule has 1 aromatic carbocycles. The minimum Gasteiger partial charge on any atom is -0.307 e. The lowest BCUT2D eigenvalue weighted by molar-refractivity contribution is 0.679. The van der Waals surface area contributed by atoms with Gasteiger partial charge >= 0.3 is 0 Å². The molecule has 0 fully saturated rings. The predicted octanol–water partition coefficient (Wildman–Crippen LogP) is 2.29. The van der Waals surface area contributed by atoms with E-state index in [1.165, 1.54) is 0 Å². The second kappa shape index (κ2) is 4.23. The third-order valence-electron chi connectivity index (χ3n) is 2.60. The lowest BCUT2D eigenvalue weighted by atomic mass is 10.3. The molecule has 2 rings (SSSR count). The monoisotopic (exact) mass is 213 g/mol. The van der Waals surface area contributed by atoms with Gasteiger partial charge in [0.1, 0.15) is 0 Å². The van der Waals surface area contributed by atoms with E-state index in [4.69, 9.17) is 5.41 Å². The highest BCUT2D eigenvalue weighted by Crippen LogP contribution is 2.12. The number of hydrogen-bond donors (Lipinski definition) is 1. The topological polar surface area (TPSA) is 33.7 Å². The van der Waals surface area contributed by atoms with Crippen LogP contribution in [-0.4, -0.2) is 9.13 Å². The highest BCUT2D eigenvalue weighted by Gasteiger charge is 2.07. The molecule has 0 bridgehead atoms. The average Bonchev–Trinajstić information content (AvgIpc) is 2.56. The minimum absolute atomic E-state index is 0.487. The van der Waals surface area contributed by atoms with Gasteiger partial charge in [0.25, 0.3) is 0 Å². The highest BCUT2D eigenvalue weighted by atomic mass is 15.2. The van der Waals surface area contributed by atoms with E-state index in [1.54, 1.807) is 0 Å². The summed E-state index contributed by atoms with van der Waals surface area (Å²) in [7, 11) is 0. The Morgan fingerprint density at radius 1 is 1.00 bits per heavy atom. The van der Waals surface area contributed by atoms with E-state index in [2.05, 4.69) is 13.2 Å². The molecule has 0 unspecified atom stereocenters. The van der Waals surface area contributed by atoms with Crippen LogP contribution >= 0.6 is 0 Å². The maximum Gasteiger partial charge on any atom is 0.203 e. The Morgan fingerprint density at radius 3 is 1.81 bits per heavy atom. The summed E-state index contributed by atoms with van der Waals surface area (Å²) >= 11 is 0. The van der Waals surface area contributed by atoms with Gasteiger partial charge in [-0.2, -0.15) is 0 Å². The number of aromatic nitrogens is 2. The van der Waals surface area contributed by atoms with Crippen molar-refractivity contribution in [1.82, 2.24) is 9.13 Å². The van der Waals surface area contributed by atoms with Crippen LogP contribution < -0.4 is 5.62 Å². The first-order valence-corrected chi connectivity index (χ1v) is 5.24. The summed E-state index contributed by atoms with van der Waals surface area (Å²) in [5.74, 6) is 0. The molecule has 0 aliphatic carbocycles. The van der Waals surface area contributed by atoms with Gasteiger partial charge < -0.3 is 9.13 Å². The quantitative estimate of drug-likeness (QED) is 0.756. The van der Waals surface area contributed by atoms with Gasteiger partial charge in [-0.3, -0.25) is 5.41 Å². The molecule has 0 radical (unpaired) electrons. The average molecular weight is 213 g/mol. The number of fused-ring (bicyclic) bond motifs is 1. The lowest BCUT2D eigenvalue weighted by Gasteiger charge is -1.98. The zero-order valence-electron chi connectivity index (χ0n) is 9.19. The molecule has 0 amide bonds. The number of benzene rings is 1. The van der Waals surface area contributed by atoms with Crippen LogP contribution in [0.15, 0.2) is 49.6 Å². The van der Waals surface area contributed by atoms with E-state index < -0.39 is 0 Å². The smallest absolute Gasteiger partial charge is 0.203 e. The van der Waals surface area contributed by atoms with Crippen LogP contribution in [0.25, 0.3) is 11.0 Å². The van der Waals surface area contributed by atoms with E-state index in [1.807, 2.05) is 45.6 Å². The SMILES string of the molecule is C=CCn1c(=N)n(CC=C)c2ccccc21. The fourth-order valence-electron chi connectivity index (χ4n) is 1.92. The van der Waals surface area contributed by atoms with Crippen molar-refractivity contribution < 1.29 is 0 Å².